The second kappa shape index (κ2) is 5.49. The van der Waals surface area contributed by atoms with Gasteiger partial charge in [0.1, 0.15) is 0 Å². The van der Waals surface area contributed by atoms with Gasteiger partial charge in [-0.05, 0) is 13.8 Å². The molecular weight excluding hydrogens is 144 g/mol. The van der Waals surface area contributed by atoms with Crippen molar-refractivity contribution in [1.82, 2.24) is 0 Å². The van der Waals surface area contributed by atoms with Gasteiger partial charge in [0.05, 0.1) is 19.8 Å². The van der Waals surface area contributed by atoms with Gasteiger partial charge in [0.15, 0.2) is 5.79 Å². The number of nitrogens with two attached hydrogens (primary N) is 1. The van der Waals surface area contributed by atoms with Crippen LogP contribution < -0.4 is 11.5 Å². The van der Waals surface area contributed by atoms with Crippen LogP contribution in [0.5, 0.6) is 0 Å². The fourth-order valence-corrected chi connectivity index (χ4v) is 0.664. The minimum atomic E-state index is -0.517. The van der Waals surface area contributed by atoms with Crippen LogP contribution in [0, 0.1) is 0 Å². The molecule has 0 spiro atoms. The largest absolute Gasteiger partial charge is 0.356 e. The molecule has 11 heavy (non-hydrogen) atoms. The predicted octanol–water partition coefficient (Wildman–Crippen LogP) is -1.04. The van der Waals surface area contributed by atoms with E-state index < -0.39 is 5.79 Å². The molecule has 4 nitrogen and oxygen atoms in total. The Bertz CT molecular complexity index is 86.4. The van der Waals surface area contributed by atoms with Gasteiger partial charge in [-0.25, -0.2) is 0 Å². The van der Waals surface area contributed by atoms with Crippen LogP contribution in [-0.4, -0.2) is 32.1 Å². The second-order valence-electron chi connectivity index (χ2n) is 2.74. The molecule has 0 unspecified atom stereocenters. The van der Waals surface area contributed by atoms with Gasteiger partial charge in [-0.2, -0.15) is 0 Å². The predicted molar refractivity (Wildman–Crippen MR) is 42.8 cm³/mol. The third-order valence-corrected chi connectivity index (χ3v) is 1.16. The van der Waals surface area contributed by atoms with Gasteiger partial charge >= 0.3 is 0 Å². The van der Waals surface area contributed by atoms with Gasteiger partial charge in [0, 0.05) is 6.54 Å². The molecule has 0 radical (unpaired) electrons. The van der Waals surface area contributed by atoms with Gasteiger partial charge in [-0.3, -0.25) is 0 Å². The van der Waals surface area contributed by atoms with Crippen LogP contribution in [0.1, 0.15) is 13.8 Å². The molecule has 0 fully saturated rings. The first-order valence-corrected chi connectivity index (χ1v) is 3.89. The molecule has 0 saturated carbocycles. The fourth-order valence-electron chi connectivity index (χ4n) is 0.664. The third-order valence-electron chi connectivity index (χ3n) is 1.16. The molecule has 0 aromatic carbocycles. The number of quaternary nitrogens is 1. The van der Waals surface area contributed by atoms with Gasteiger partial charge < -0.3 is 20.9 Å². The van der Waals surface area contributed by atoms with Crippen molar-refractivity contribution >= 4 is 0 Å². The summed E-state index contributed by atoms with van der Waals surface area (Å²) in [6.07, 6.45) is 0. The van der Waals surface area contributed by atoms with Crippen LogP contribution in [0.2, 0.25) is 0 Å². The molecule has 4 heteroatoms. The molecule has 0 bridgehead atoms. The minimum Gasteiger partial charge on any atom is -0.356 e. The van der Waals surface area contributed by atoms with Crippen LogP contribution in [0.4, 0.5) is 0 Å². The zero-order chi connectivity index (χ0) is 8.74. The second-order valence-corrected chi connectivity index (χ2v) is 2.74. The molecule has 0 aromatic heterocycles. The maximum absolute atomic E-state index is 5.34. The summed E-state index contributed by atoms with van der Waals surface area (Å²) in [4.78, 5) is 0. The van der Waals surface area contributed by atoms with E-state index >= 15 is 0 Å². The summed E-state index contributed by atoms with van der Waals surface area (Å²) in [5.41, 5.74) is 8.94. The number of hydrogen-bond donors (Lipinski definition) is 2. The Hall–Kier alpha value is -0.160. The monoisotopic (exact) mass is 163 g/mol. The Balaban J connectivity index is 3.43. The van der Waals surface area contributed by atoms with E-state index in [-0.39, 0.29) is 0 Å². The molecule has 0 saturated heterocycles. The Kier molecular flexibility index (Phi) is 5.41. The van der Waals surface area contributed by atoms with Crippen LogP contribution >= 0.6 is 0 Å². The maximum Gasteiger partial charge on any atom is 0.163 e. The van der Waals surface area contributed by atoms with Crippen molar-refractivity contribution in [1.29, 1.82) is 0 Å². The Labute approximate surface area is 67.8 Å². The van der Waals surface area contributed by atoms with E-state index in [1.54, 1.807) is 0 Å². The first-order valence-electron chi connectivity index (χ1n) is 3.89. The lowest BCUT2D eigenvalue weighted by molar-refractivity contribution is -0.383. The lowest BCUT2D eigenvalue weighted by Gasteiger charge is -2.24. The highest BCUT2D eigenvalue weighted by Crippen LogP contribution is 2.09. The first-order chi connectivity index (χ1) is 5.12. The SMILES string of the molecule is CC(C)(OCCN)OCC[NH3+]. The van der Waals surface area contributed by atoms with E-state index in [2.05, 4.69) is 5.73 Å². The Morgan fingerprint density at radius 2 is 1.82 bits per heavy atom. The van der Waals surface area contributed by atoms with E-state index in [4.69, 9.17) is 15.2 Å². The third kappa shape index (κ3) is 6.25. The van der Waals surface area contributed by atoms with Crippen LogP contribution in [0.15, 0.2) is 0 Å². The molecule has 0 aliphatic rings. The molecule has 68 valence electrons. The van der Waals surface area contributed by atoms with Gasteiger partial charge in [0.2, 0.25) is 0 Å². The van der Waals surface area contributed by atoms with Crippen molar-refractivity contribution in [3.8, 4) is 0 Å². The zero-order valence-electron chi connectivity index (χ0n) is 7.43. The lowest BCUT2D eigenvalue weighted by Crippen LogP contribution is -2.53. The quantitative estimate of drug-likeness (QED) is 0.491. The van der Waals surface area contributed by atoms with Crippen molar-refractivity contribution in [3.05, 3.63) is 0 Å². The topological polar surface area (TPSA) is 72.1 Å². The summed E-state index contributed by atoms with van der Waals surface area (Å²) >= 11 is 0. The summed E-state index contributed by atoms with van der Waals surface area (Å²) < 4.78 is 10.6. The van der Waals surface area contributed by atoms with Crippen LogP contribution in [-0.2, 0) is 9.47 Å². The molecule has 0 atom stereocenters. The summed E-state index contributed by atoms with van der Waals surface area (Å²) in [5, 5.41) is 0. The average molecular weight is 163 g/mol. The lowest BCUT2D eigenvalue weighted by atomic mass is 10.4. The van der Waals surface area contributed by atoms with Crippen molar-refractivity contribution < 1.29 is 15.2 Å². The van der Waals surface area contributed by atoms with Gasteiger partial charge in [-0.1, -0.05) is 0 Å². The molecule has 0 aromatic rings. The van der Waals surface area contributed by atoms with E-state index in [0.717, 1.165) is 6.54 Å². The van der Waals surface area contributed by atoms with E-state index in [1.807, 2.05) is 13.8 Å². The average Bonchev–Trinajstić information content (AvgIpc) is 1.97. The molecule has 0 aliphatic heterocycles. The summed E-state index contributed by atoms with van der Waals surface area (Å²) in [6.45, 7) is 6.19. The highest BCUT2D eigenvalue weighted by molar-refractivity contribution is 4.53. The Morgan fingerprint density at radius 1 is 1.27 bits per heavy atom. The number of hydrogen-bond acceptors (Lipinski definition) is 3. The molecule has 0 amide bonds. The Morgan fingerprint density at radius 3 is 2.27 bits per heavy atom. The molecule has 0 aliphatic carbocycles. The smallest absolute Gasteiger partial charge is 0.163 e. The number of rotatable bonds is 6. The first kappa shape index (κ1) is 10.8. The number of ether oxygens (including phenoxy) is 2. The summed E-state index contributed by atoms with van der Waals surface area (Å²) in [6, 6.07) is 0. The van der Waals surface area contributed by atoms with Gasteiger partial charge in [-0.15, -0.1) is 0 Å². The molecule has 0 rings (SSSR count). The van der Waals surface area contributed by atoms with E-state index in [9.17, 15) is 0 Å². The van der Waals surface area contributed by atoms with Crippen LogP contribution in [0.25, 0.3) is 0 Å². The fraction of sp³-hybridized carbons (Fsp3) is 1.00. The van der Waals surface area contributed by atoms with Crippen molar-refractivity contribution in [2.45, 2.75) is 19.6 Å². The maximum atomic E-state index is 5.34. The highest BCUT2D eigenvalue weighted by atomic mass is 16.7. The van der Waals surface area contributed by atoms with Crippen molar-refractivity contribution in [2.24, 2.45) is 5.73 Å². The van der Waals surface area contributed by atoms with Gasteiger partial charge in [0.25, 0.3) is 0 Å². The molecule has 0 heterocycles. The zero-order valence-corrected chi connectivity index (χ0v) is 7.43. The van der Waals surface area contributed by atoms with Crippen molar-refractivity contribution in [3.63, 3.8) is 0 Å². The standard InChI is InChI=1S/C7H18N2O2/c1-7(2,10-5-3-8)11-6-4-9/h3-6,8-9H2,1-2H3/p+1. The van der Waals surface area contributed by atoms with Crippen LogP contribution in [0.3, 0.4) is 0 Å². The summed E-state index contributed by atoms with van der Waals surface area (Å²) in [7, 11) is 0. The van der Waals surface area contributed by atoms with E-state index in [0.29, 0.717) is 19.8 Å². The molecule has 5 N–H and O–H groups in total. The molecular formula is C7H19N2O2+. The summed E-state index contributed by atoms with van der Waals surface area (Å²) in [5.74, 6) is -0.517. The van der Waals surface area contributed by atoms with E-state index in [1.165, 1.54) is 0 Å². The van der Waals surface area contributed by atoms with Crippen molar-refractivity contribution in [2.75, 3.05) is 26.3 Å². The highest BCUT2D eigenvalue weighted by Gasteiger charge is 2.17. The normalized spacial score (nSPS) is 12.0. The minimum absolute atomic E-state index is 0.517.